The molecule has 0 amide bonds. The van der Waals surface area contributed by atoms with Crippen molar-refractivity contribution in [1.29, 1.82) is 0 Å². The highest BCUT2D eigenvalue weighted by Crippen LogP contribution is 2.30. The van der Waals surface area contributed by atoms with Crippen LogP contribution in [0, 0.1) is 10.8 Å². The zero-order chi connectivity index (χ0) is 29.1. The highest BCUT2D eigenvalue weighted by Gasteiger charge is 2.19. The Bertz CT molecular complexity index is 1020. The van der Waals surface area contributed by atoms with Gasteiger partial charge in [-0.2, -0.15) is 0 Å². The van der Waals surface area contributed by atoms with Crippen LogP contribution < -0.4 is 11.4 Å². The van der Waals surface area contributed by atoms with E-state index < -0.39 is 0 Å². The van der Waals surface area contributed by atoms with Gasteiger partial charge < -0.3 is 14.9 Å². The van der Waals surface area contributed by atoms with E-state index in [1.807, 2.05) is 13.8 Å². The maximum absolute atomic E-state index is 12.2. The maximum Gasteiger partial charge on any atom is 0.331 e. The zero-order valence-electron chi connectivity index (χ0n) is 25.4. The molecule has 9 nitrogen and oxygen atoms in total. The lowest BCUT2D eigenvalue weighted by atomic mass is 9.82. The van der Waals surface area contributed by atoms with Crippen molar-refractivity contribution in [3.8, 4) is 11.8 Å². The van der Waals surface area contributed by atoms with Crippen LogP contribution in [0.1, 0.15) is 106 Å². The molecule has 2 aromatic rings. The van der Waals surface area contributed by atoms with E-state index in [4.69, 9.17) is 4.74 Å². The van der Waals surface area contributed by atoms with Gasteiger partial charge in [0.25, 0.3) is 0 Å². The van der Waals surface area contributed by atoms with Gasteiger partial charge in [-0.3, -0.25) is 18.3 Å². The summed E-state index contributed by atoms with van der Waals surface area (Å²) in [5.74, 6) is 0.107. The molecule has 2 aromatic heterocycles. The smallest absolute Gasteiger partial charge is 0.331 e. The van der Waals surface area contributed by atoms with Gasteiger partial charge in [0.1, 0.15) is 0 Å². The summed E-state index contributed by atoms with van der Waals surface area (Å²) in [5.41, 5.74) is 0.132. The normalized spacial score (nSPS) is 12.5. The third kappa shape index (κ3) is 10.6. The molecule has 0 saturated heterocycles. The van der Waals surface area contributed by atoms with Crippen molar-refractivity contribution in [2.75, 3.05) is 13.2 Å². The summed E-state index contributed by atoms with van der Waals surface area (Å²) < 4.78 is 11.9. The summed E-state index contributed by atoms with van der Waals surface area (Å²) in [6.45, 7) is 16.7. The lowest BCUT2D eigenvalue weighted by Crippen LogP contribution is -2.24. The van der Waals surface area contributed by atoms with Gasteiger partial charge in [-0.1, -0.05) is 40.5 Å². The van der Waals surface area contributed by atoms with E-state index in [1.54, 1.807) is 0 Å². The summed E-state index contributed by atoms with van der Waals surface area (Å²) in [7, 11) is 0. The molecular formula is C30H54N4O5. The number of imidazole rings is 2. The minimum Gasteiger partial charge on any atom is -0.493 e. The maximum atomic E-state index is 12.2. The van der Waals surface area contributed by atoms with Crippen LogP contribution in [0.25, 0.3) is 0 Å². The molecule has 0 spiro atoms. The predicted molar refractivity (Wildman–Crippen MR) is 157 cm³/mol. The van der Waals surface area contributed by atoms with Crippen molar-refractivity contribution in [2.24, 2.45) is 10.8 Å². The summed E-state index contributed by atoms with van der Waals surface area (Å²) >= 11 is 0. The molecule has 0 aromatic carbocycles. The molecule has 0 aliphatic rings. The number of hydrogen-bond donors (Lipinski definition) is 2. The first-order chi connectivity index (χ1) is 18.4. The van der Waals surface area contributed by atoms with Crippen LogP contribution in [0.3, 0.4) is 0 Å². The van der Waals surface area contributed by atoms with E-state index in [0.717, 1.165) is 77.4 Å². The molecule has 224 valence electrons. The Labute approximate surface area is 234 Å². The highest BCUT2D eigenvalue weighted by molar-refractivity contribution is 5.05. The molecule has 0 saturated carbocycles. The number of ether oxygens (including phenoxy) is 1. The fourth-order valence-electron chi connectivity index (χ4n) is 5.31. The predicted octanol–water partition coefficient (Wildman–Crippen LogP) is 5.73. The minimum absolute atomic E-state index is 0.0537. The lowest BCUT2D eigenvalue weighted by molar-refractivity contribution is 0.119. The molecule has 0 fully saturated rings. The Balaban J connectivity index is 1.51. The van der Waals surface area contributed by atoms with E-state index >= 15 is 0 Å². The van der Waals surface area contributed by atoms with Gasteiger partial charge in [0.2, 0.25) is 11.8 Å². The third-order valence-corrected chi connectivity index (χ3v) is 7.99. The number of rotatable bonds is 20. The van der Waals surface area contributed by atoms with Crippen molar-refractivity contribution >= 4 is 0 Å². The van der Waals surface area contributed by atoms with Crippen LogP contribution >= 0.6 is 0 Å². The molecule has 0 bridgehead atoms. The molecule has 2 rings (SSSR count). The summed E-state index contributed by atoms with van der Waals surface area (Å²) in [4.78, 5) is 24.4. The highest BCUT2D eigenvalue weighted by atomic mass is 16.5. The second kappa shape index (κ2) is 15.4. The van der Waals surface area contributed by atoms with Crippen molar-refractivity contribution in [2.45, 2.75) is 132 Å². The van der Waals surface area contributed by atoms with Crippen LogP contribution in [0.5, 0.6) is 11.8 Å². The van der Waals surface area contributed by atoms with E-state index in [9.17, 15) is 19.8 Å². The number of unbranched alkanes of at least 4 members (excludes halogenated alkanes) is 2. The Morgan fingerprint density at radius 2 is 1.00 bits per heavy atom. The fraction of sp³-hybridized carbons (Fsp3) is 0.800. The Hall–Kier alpha value is -2.42. The molecule has 2 heterocycles. The van der Waals surface area contributed by atoms with E-state index in [1.165, 1.54) is 30.7 Å². The van der Waals surface area contributed by atoms with Crippen molar-refractivity contribution in [3.63, 3.8) is 0 Å². The molecule has 0 unspecified atom stereocenters. The first-order valence-corrected chi connectivity index (χ1v) is 15.0. The number of aromatic nitrogens is 4. The van der Waals surface area contributed by atoms with Crippen LogP contribution in [-0.4, -0.2) is 41.7 Å². The molecule has 0 atom stereocenters. The van der Waals surface area contributed by atoms with Crippen LogP contribution in [0.2, 0.25) is 0 Å². The number of aryl methyl sites for hydroxylation is 2. The SMILES string of the molecule is CCn1cc(O)n(CCCC(C)(C)CCCCOCCCCC(C)(C)CCCn2c(O)cn(CC)c2=O)c1=O. The Morgan fingerprint density at radius 3 is 1.33 bits per heavy atom. The summed E-state index contributed by atoms with van der Waals surface area (Å²) in [6.07, 6.45) is 13.4. The molecule has 0 radical (unpaired) electrons. The van der Waals surface area contributed by atoms with Crippen LogP contribution in [0.15, 0.2) is 22.0 Å². The topological polar surface area (TPSA) is 104 Å². The minimum atomic E-state index is -0.133. The first kappa shape index (κ1) is 32.8. The van der Waals surface area contributed by atoms with Gasteiger partial charge in [-0.05, 0) is 76.0 Å². The average Bonchev–Trinajstić information content (AvgIpc) is 3.31. The number of aromatic hydroxyl groups is 2. The van der Waals surface area contributed by atoms with Gasteiger partial charge in [-0.15, -0.1) is 0 Å². The Morgan fingerprint density at radius 1 is 0.641 bits per heavy atom. The molecule has 39 heavy (non-hydrogen) atoms. The largest absolute Gasteiger partial charge is 0.493 e. The van der Waals surface area contributed by atoms with Crippen LogP contribution in [-0.2, 0) is 30.9 Å². The number of nitrogens with zero attached hydrogens (tertiary/aromatic N) is 4. The van der Waals surface area contributed by atoms with E-state index in [-0.39, 0.29) is 34.0 Å². The third-order valence-electron chi connectivity index (χ3n) is 7.99. The monoisotopic (exact) mass is 550 g/mol. The average molecular weight is 551 g/mol. The second-order valence-corrected chi connectivity index (χ2v) is 12.5. The van der Waals surface area contributed by atoms with Crippen molar-refractivity contribution in [1.82, 2.24) is 18.3 Å². The number of hydrogen-bond acceptors (Lipinski definition) is 5. The van der Waals surface area contributed by atoms with Gasteiger partial charge >= 0.3 is 11.4 Å². The van der Waals surface area contributed by atoms with Gasteiger partial charge in [0, 0.05) is 39.4 Å². The Kier molecular flexibility index (Phi) is 12.9. The van der Waals surface area contributed by atoms with E-state index in [2.05, 4.69) is 27.7 Å². The van der Waals surface area contributed by atoms with Crippen molar-refractivity contribution < 1.29 is 14.9 Å². The zero-order valence-corrected chi connectivity index (χ0v) is 25.4. The molecule has 9 heteroatoms. The second-order valence-electron chi connectivity index (χ2n) is 12.5. The van der Waals surface area contributed by atoms with Gasteiger partial charge in [0.15, 0.2) is 0 Å². The molecule has 0 aliphatic carbocycles. The van der Waals surface area contributed by atoms with E-state index in [0.29, 0.717) is 26.2 Å². The lowest BCUT2D eigenvalue weighted by Gasteiger charge is -2.25. The quantitative estimate of drug-likeness (QED) is 0.205. The molecular weight excluding hydrogens is 496 g/mol. The fourth-order valence-corrected chi connectivity index (χ4v) is 5.31. The molecule has 0 aliphatic heterocycles. The standard InChI is InChI=1S/C30H54N4O5/c1-7-31-23-25(35)33(27(31)37)19-13-17-29(3,4)15-9-11-21-39-22-12-10-16-30(5,6)18-14-20-34-26(36)24-32(8-2)28(34)38/h23-24,35-36H,7-22H2,1-6H3. The van der Waals surface area contributed by atoms with Gasteiger partial charge in [0.05, 0.1) is 12.4 Å². The van der Waals surface area contributed by atoms with Gasteiger partial charge in [-0.25, -0.2) is 9.59 Å². The van der Waals surface area contributed by atoms with Crippen LogP contribution in [0.4, 0.5) is 0 Å². The summed E-state index contributed by atoms with van der Waals surface area (Å²) in [5, 5.41) is 20.0. The summed E-state index contributed by atoms with van der Waals surface area (Å²) in [6, 6.07) is 0. The van der Waals surface area contributed by atoms with Crippen molar-refractivity contribution in [3.05, 3.63) is 33.4 Å². The first-order valence-electron chi connectivity index (χ1n) is 15.0. The molecule has 2 N–H and O–H groups in total.